The van der Waals surface area contributed by atoms with Gasteiger partial charge in [0.15, 0.2) is 5.65 Å². The van der Waals surface area contributed by atoms with Crippen LogP contribution in [0.5, 0.6) is 0 Å². The van der Waals surface area contributed by atoms with E-state index in [1.165, 1.54) is 12.8 Å². The molecule has 7 heteroatoms. The van der Waals surface area contributed by atoms with Crippen LogP contribution in [0.1, 0.15) is 12.8 Å². The van der Waals surface area contributed by atoms with Crippen molar-refractivity contribution in [3.63, 3.8) is 0 Å². The monoisotopic (exact) mass is 305 g/mol. The van der Waals surface area contributed by atoms with Gasteiger partial charge in [0.25, 0.3) is 0 Å². The van der Waals surface area contributed by atoms with E-state index in [1.807, 2.05) is 41.3 Å². The summed E-state index contributed by atoms with van der Waals surface area (Å²) < 4.78 is 3.61. The third-order valence-electron chi connectivity index (χ3n) is 4.19. The Balaban J connectivity index is 1.53. The second kappa shape index (κ2) is 4.77. The van der Waals surface area contributed by atoms with Gasteiger partial charge in [0.2, 0.25) is 5.95 Å². The molecule has 1 fully saturated rings. The van der Waals surface area contributed by atoms with Gasteiger partial charge in [0.05, 0.1) is 17.4 Å². The van der Waals surface area contributed by atoms with Gasteiger partial charge in [-0.2, -0.15) is 5.10 Å². The van der Waals surface area contributed by atoms with Gasteiger partial charge < -0.3 is 5.32 Å². The van der Waals surface area contributed by atoms with Crippen LogP contribution >= 0.6 is 0 Å². The van der Waals surface area contributed by atoms with Gasteiger partial charge in [0.1, 0.15) is 0 Å². The van der Waals surface area contributed by atoms with Crippen molar-refractivity contribution in [2.75, 3.05) is 11.9 Å². The Bertz CT molecular complexity index is 996. The third-order valence-corrected chi connectivity index (χ3v) is 4.19. The second-order valence-electron chi connectivity index (χ2n) is 5.91. The van der Waals surface area contributed by atoms with Crippen LogP contribution in [0.3, 0.4) is 0 Å². The number of nitrogens with zero attached hydrogens (tertiary/aromatic N) is 6. The maximum atomic E-state index is 4.59. The minimum Gasteiger partial charge on any atom is -0.353 e. The number of aromatic nitrogens is 6. The first-order valence-corrected chi connectivity index (χ1v) is 7.76. The van der Waals surface area contributed by atoms with E-state index in [0.29, 0.717) is 5.95 Å². The van der Waals surface area contributed by atoms with Gasteiger partial charge >= 0.3 is 0 Å². The average Bonchev–Trinajstić information content (AvgIpc) is 3.13. The summed E-state index contributed by atoms with van der Waals surface area (Å²) in [6.07, 6.45) is 9.99. The number of rotatable bonds is 4. The molecule has 0 saturated heterocycles. The number of fused-ring (bicyclic) bond motifs is 2. The zero-order valence-electron chi connectivity index (χ0n) is 12.4. The van der Waals surface area contributed by atoms with E-state index in [2.05, 4.69) is 25.5 Å². The lowest BCUT2D eigenvalue weighted by Crippen LogP contribution is -2.08. The molecule has 0 atom stereocenters. The summed E-state index contributed by atoms with van der Waals surface area (Å²) in [7, 11) is 0. The largest absolute Gasteiger partial charge is 0.353 e. The standard InChI is InChI=1S/C16H15N7/c1-2-11(1)9-18-16-19-10-14-12(5-7-22(14)21-16)13-3-4-15-17-6-8-23(15)20-13/h3-8,10-11H,1-2,9H2,(H,18,21). The number of nitrogens with one attached hydrogen (secondary N) is 1. The van der Waals surface area contributed by atoms with Crippen molar-refractivity contribution in [3.05, 3.63) is 43.0 Å². The SMILES string of the molecule is c1cn2nc(-c3ccn4nc(NCC5CC5)ncc34)ccc2n1. The molecule has 0 unspecified atom stereocenters. The molecule has 4 aromatic rings. The van der Waals surface area contributed by atoms with E-state index in [0.717, 1.165) is 34.9 Å². The minimum atomic E-state index is 0.671. The predicted octanol–water partition coefficient (Wildman–Crippen LogP) is 2.26. The summed E-state index contributed by atoms with van der Waals surface area (Å²) in [4.78, 5) is 8.64. The molecule has 0 aliphatic heterocycles. The van der Waals surface area contributed by atoms with Crippen molar-refractivity contribution in [1.29, 1.82) is 0 Å². The third kappa shape index (κ3) is 2.21. The summed E-state index contributed by atoms with van der Waals surface area (Å²) in [6, 6.07) is 5.94. The van der Waals surface area contributed by atoms with Crippen molar-refractivity contribution in [3.8, 4) is 11.3 Å². The van der Waals surface area contributed by atoms with Gasteiger partial charge in [-0.15, -0.1) is 5.10 Å². The Morgan fingerprint density at radius 1 is 1.04 bits per heavy atom. The van der Waals surface area contributed by atoms with Crippen molar-refractivity contribution in [2.45, 2.75) is 12.8 Å². The molecule has 23 heavy (non-hydrogen) atoms. The van der Waals surface area contributed by atoms with Gasteiger partial charge in [-0.1, -0.05) is 0 Å². The molecule has 1 saturated carbocycles. The van der Waals surface area contributed by atoms with E-state index in [9.17, 15) is 0 Å². The zero-order valence-corrected chi connectivity index (χ0v) is 12.4. The molecule has 5 rings (SSSR count). The number of imidazole rings is 1. The number of anilines is 1. The van der Waals surface area contributed by atoms with Gasteiger partial charge in [-0.3, -0.25) is 0 Å². The molecule has 1 N–H and O–H groups in total. The van der Waals surface area contributed by atoms with Crippen molar-refractivity contribution in [2.24, 2.45) is 5.92 Å². The van der Waals surface area contributed by atoms with Crippen LogP contribution in [-0.4, -0.2) is 35.7 Å². The smallest absolute Gasteiger partial charge is 0.241 e. The average molecular weight is 305 g/mol. The predicted molar refractivity (Wildman–Crippen MR) is 86.2 cm³/mol. The van der Waals surface area contributed by atoms with E-state index in [4.69, 9.17) is 0 Å². The molecule has 0 spiro atoms. The van der Waals surface area contributed by atoms with E-state index in [-0.39, 0.29) is 0 Å². The fourth-order valence-corrected chi connectivity index (χ4v) is 2.71. The molecule has 7 nitrogen and oxygen atoms in total. The molecule has 0 amide bonds. The Morgan fingerprint density at radius 3 is 2.91 bits per heavy atom. The lowest BCUT2D eigenvalue weighted by molar-refractivity contribution is 0.842. The topological polar surface area (TPSA) is 72.4 Å². The molecular formula is C16H15N7. The molecule has 0 bridgehead atoms. The van der Waals surface area contributed by atoms with Crippen LogP contribution in [0.15, 0.2) is 43.0 Å². The van der Waals surface area contributed by atoms with Gasteiger partial charge in [0, 0.05) is 30.7 Å². The fourth-order valence-electron chi connectivity index (χ4n) is 2.71. The van der Waals surface area contributed by atoms with E-state index < -0.39 is 0 Å². The maximum absolute atomic E-state index is 4.59. The van der Waals surface area contributed by atoms with Crippen LogP contribution in [0, 0.1) is 5.92 Å². The Hall–Kier alpha value is -2.96. The fraction of sp³-hybridized carbons (Fsp3) is 0.250. The molecule has 114 valence electrons. The van der Waals surface area contributed by atoms with Crippen molar-refractivity contribution in [1.82, 2.24) is 29.2 Å². The van der Waals surface area contributed by atoms with Crippen molar-refractivity contribution < 1.29 is 0 Å². The molecule has 1 aliphatic carbocycles. The summed E-state index contributed by atoms with van der Waals surface area (Å²) >= 11 is 0. The van der Waals surface area contributed by atoms with Crippen LogP contribution in [0.25, 0.3) is 22.4 Å². The molecule has 0 radical (unpaired) electrons. The van der Waals surface area contributed by atoms with E-state index in [1.54, 1.807) is 10.7 Å². The summed E-state index contributed by atoms with van der Waals surface area (Å²) in [5.41, 5.74) is 3.66. The Kier molecular flexibility index (Phi) is 2.61. The highest BCUT2D eigenvalue weighted by atomic mass is 15.3. The molecular weight excluding hydrogens is 290 g/mol. The Labute approximate surface area is 132 Å². The van der Waals surface area contributed by atoms with Crippen molar-refractivity contribution >= 4 is 17.1 Å². The number of hydrogen-bond acceptors (Lipinski definition) is 5. The lowest BCUT2D eigenvalue weighted by atomic mass is 10.2. The first-order valence-electron chi connectivity index (χ1n) is 7.76. The molecule has 4 heterocycles. The quantitative estimate of drug-likeness (QED) is 0.626. The second-order valence-corrected chi connectivity index (χ2v) is 5.91. The maximum Gasteiger partial charge on any atom is 0.241 e. The summed E-state index contributed by atoms with van der Waals surface area (Å²) in [5.74, 6) is 1.46. The lowest BCUT2D eigenvalue weighted by Gasteiger charge is -2.04. The van der Waals surface area contributed by atoms with Gasteiger partial charge in [-0.05, 0) is 37.0 Å². The van der Waals surface area contributed by atoms with Gasteiger partial charge in [-0.25, -0.2) is 19.0 Å². The first-order chi connectivity index (χ1) is 11.4. The first kappa shape index (κ1) is 12.6. The molecule has 0 aromatic carbocycles. The Morgan fingerprint density at radius 2 is 2.00 bits per heavy atom. The highest BCUT2D eigenvalue weighted by Gasteiger charge is 2.21. The normalized spacial score (nSPS) is 14.6. The highest BCUT2D eigenvalue weighted by molar-refractivity contribution is 5.78. The zero-order chi connectivity index (χ0) is 15.2. The molecule has 4 aromatic heterocycles. The van der Waals surface area contributed by atoms with Crippen LogP contribution in [0.4, 0.5) is 5.95 Å². The van der Waals surface area contributed by atoms with Crippen LogP contribution in [-0.2, 0) is 0 Å². The highest BCUT2D eigenvalue weighted by Crippen LogP contribution is 2.28. The van der Waals surface area contributed by atoms with E-state index >= 15 is 0 Å². The minimum absolute atomic E-state index is 0.671. The summed E-state index contributed by atoms with van der Waals surface area (Å²) in [5, 5.41) is 12.4. The molecule has 1 aliphatic rings. The summed E-state index contributed by atoms with van der Waals surface area (Å²) in [6.45, 7) is 0.957. The van der Waals surface area contributed by atoms with Crippen LogP contribution < -0.4 is 5.32 Å². The van der Waals surface area contributed by atoms with Crippen LogP contribution in [0.2, 0.25) is 0 Å². The number of hydrogen-bond donors (Lipinski definition) is 1.